The van der Waals surface area contributed by atoms with Crippen LogP contribution in [-0.2, 0) is 0 Å². The van der Waals surface area contributed by atoms with Crippen molar-refractivity contribution >= 4 is 0 Å². The summed E-state index contributed by atoms with van der Waals surface area (Å²) < 4.78 is 0. The molecule has 0 aliphatic heterocycles. The molecule has 0 aromatic rings. The van der Waals surface area contributed by atoms with Gasteiger partial charge in [-0.2, -0.15) is 0 Å². The van der Waals surface area contributed by atoms with Crippen molar-refractivity contribution in [2.45, 2.75) is 46.5 Å². The van der Waals surface area contributed by atoms with Gasteiger partial charge in [0.25, 0.3) is 0 Å². The maximum absolute atomic E-state index is 5.44. The molecule has 0 saturated heterocycles. The first-order valence-electron chi connectivity index (χ1n) is 5.00. The van der Waals surface area contributed by atoms with Crippen molar-refractivity contribution in [2.24, 2.45) is 11.7 Å². The van der Waals surface area contributed by atoms with Gasteiger partial charge in [0, 0.05) is 0 Å². The molecule has 72 valence electrons. The maximum Gasteiger partial charge on any atom is -0.00772 e. The van der Waals surface area contributed by atoms with E-state index in [-0.39, 0.29) is 0 Å². The number of rotatable bonds is 6. The predicted molar refractivity (Wildman–Crippen MR) is 56.1 cm³/mol. The third kappa shape index (κ3) is 7.80. The van der Waals surface area contributed by atoms with Gasteiger partial charge in [-0.25, -0.2) is 0 Å². The quantitative estimate of drug-likeness (QED) is 0.607. The smallest absolute Gasteiger partial charge is 0.00772 e. The van der Waals surface area contributed by atoms with E-state index in [9.17, 15) is 0 Å². The molecule has 1 atom stereocenters. The van der Waals surface area contributed by atoms with Crippen molar-refractivity contribution in [1.29, 1.82) is 0 Å². The van der Waals surface area contributed by atoms with Gasteiger partial charge in [0.05, 0.1) is 0 Å². The van der Waals surface area contributed by atoms with Crippen molar-refractivity contribution in [3.63, 3.8) is 0 Å². The van der Waals surface area contributed by atoms with E-state index in [0.29, 0.717) is 0 Å². The maximum atomic E-state index is 5.44. The highest BCUT2D eigenvalue weighted by atomic mass is 14.5. The Bertz CT molecular complexity index is 123. The Kier molecular flexibility index (Phi) is 7.17. The molecular weight excluding hydrogens is 146 g/mol. The first-order valence-corrected chi connectivity index (χ1v) is 5.00. The van der Waals surface area contributed by atoms with Crippen LogP contribution < -0.4 is 5.73 Å². The molecule has 0 bridgehead atoms. The van der Waals surface area contributed by atoms with E-state index in [1.807, 2.05) is 0 Å². The lowest BCUT2D eigenvalue weighted by molar-refractivity contribution is 0.482. The van der Waals surface area contributed by atoms with Crippen LogP contribution in [0.15, 0.2) is 11.6 Å². The van der Waals surface area contributed by atoms with Crippen molar-refractivity contribution in [1.82, 2.24) is 0 Å². The van der Waals surface area contributed by atoms with E-state index < -0.39 is 0 Å². The summed E-state index contributed by atoms with van der Waals surface area (Å²) in [6.45, 7) is 7.47. The first-order chi connectivity index (χ1) is 5.66. The van der Waals surface area contributed by atoms with Crippen LogP contribution in [0.2, 0.25) is 0 Å². The van der Waals surface area contributed by atoms with Gasteiger partial charge >= 0.3 is 0 Å². The second-order valence-corrected chi connectivity index (χ2v) is 3.89. The molecule has 0 aliphatic carbocycles. The summed E-state index contributed by atoms with van der Waals surface area (Å²) in [6.07, 6.45) is 7.32. The summed E-state index contributed by atoms with van der Waals surface area (Å²) in [4.78, 5) is 0. The minimum Gasteiger partial charge on any atom is -0.330 e. The number of hydrogen-bond donors (Lipinski definition) is 1. The monoisotopic (exact) mass is 169 g/mol. The highest BCUT2D eigenvalue weighted by molar-refractivity contribution is 4.92. The minimum absolute atomic E-state index is 0.837. The van der Waals surface area contributed by atoms with Crippen LogP contribution in [0.5, 0.6) is 0 Å². The van der Waals surface area contributed by atoms with Crippen molar-refractivity contribution in [3.8, 4) is 0 Å². The van der Waals surface area contributed by atoms with Crippen molar-refractivity contribution in [2.75, 3.05) is 6.54 Å². The van der Waals surface area contributed by atoms with Crippen LogP contribution >= 0.6 is 0 Å². The molecule has 0 unspecified atom stereocenters. The molecule has 0 aromatic carbocycles. The number of hydrogen-bond acceptors (Lipinski definition) is 1. The second-order valence-electron chi connectivity index (χ2n) is 3.89. The highest BCUT2D eigenvalue weighted by Crippen LogP contribution is 2.12. The molecule has 0 saturated carbocycles. The Morgan fingerprint density at radius 3 is 2.50 bits per heavy atom. The van der Waals surface area contributed by atoms with Gasteiger partial charge in [-0.05, 0) is 52.0 Å². The average Bonchev–Trinajstić information content (AvgIpc) is 2.00. The third-order valence-electron chi connectivity index (χ3n) is 2.11. The highest BCUT2D eigenvalue weighted by Gasteiger charge is 1.99. The van der Waals surface area contributed by atoms with E-state index in [1.165, 1.54) is 31.3 Å². The van der Waals surface area contributed by atoms with Gasteiger partial charge in [0.2, 0.25) is 0 Å². The van der Waals surface area contributed by atoms with Crippen LogP contribution in [0.1, 0.15) is 46.5 Å². The summed E-state index contributed by atoms with van der Waals surface area (Å²) in [7, 11) is 0. The van der Waals surface area contributed by atoms with E-state index in [0.717, 1.165) is 12.5 Å². The van der Waals surface area contributed by atoms with Gasteiger partial charge < -0.3 is 5.73 Å². The molecule has 1 heteroatoms. The molecule has 0 fully saturated rings. The second kappa shape index (κ2) is 7.35. The Labute approximate surface area is 77.0 Å². The summed E-state index contributed by atoms with van der Waals surface area (Å²) in [6, 6.07) is 0. The zero-order valence-corrected chi connectivity index (χ0v) is 8.77. The summed E-state index contributed by atoms with van der Waals surface area (Å²) >= 11 is 0. The minimum atomic E-state index is 0.837. The van der Waals surface area contributed by atoms with E-state index >= 15 is 0 Å². The average molecular weight is 169 g/mol. The zero-order chi connectivity index (χ0) is 9.40. The topological polar surface area (TPSA) is 26.0 Å². The molecule has 1 nitrogen and oxygen atoms in total. The standard InChI is InChI=1S/C11H23N/c1-10(2)6-4-7-11(3)8-5-9-12/h6,11H,4-5,7-9,12H2,1-3H3/t11-/m0/s1. The van der Waals surface area contributed by atoms with Crippen LogP contribution in [0.3, 0.4) is 0 Å². The Hall–Kier alpha value is -0.300. The molecule has 2 N–H and O–H groups in total. The molecule has 0 aliphatic rings. The summed E-state index contributed by atoms with van der Waals surface area (Å²) in [5.41, 5.74) is 6.87. The van der Waals surface area contributed by atoms with Gasteiger partial charge in [-0.15, -0.1) is 0 Å². The van der Waals surface area contributed by atoms with Crippen LogP contribution in [0.4, 0.5) is 0 Å². The summed E-state index contributed by atoms with van der Waals surface area (Å²) in [5.74, 6) is 0.837. The fourth-order valence-electron chi connectivity index (χ4n) is 1.27. The SMILES string of the molecule is CC(C)=CCC[C@H](C)CCCN. The molecule has 12 heavy (non-hydrogen) atoms. The van der Waals surface area contributed by atoms with E-state index in [2.05, 4.69) is 26.8 Å². The van der Waals surface area contributed by atoms with Gasteiger partial charge in [-0.3, -0.25) is 0 Å². The number of allylic oxidation sites excluding steroid dienone is 2. The Morgan fingerprint density at radius 1 is 1.33 bits per heavy atom. The van der Waals surface area contributed by atoms with Crippen LogP contribution in [0.25, 0.3) is 0 Å². The molecule has 0 amide bonds. The first kappa shape index (κ1) is 11.7. The lowest BCUT2D eigenvalue weighted by Crippen LogP contribution is -2.02. The number of nitrogens with two attached hydrogens (primary N) is 1. The Morgan fingerprint density at radius 2 is 2.00 bits per heavy atom. The molecule has 0 radical (unpaired) electrons. The van der Waals surface area contributed by atoms with Crippen LogP contribution in [-0.4, -0.2) is 6.54 Å². The zero-order valence-electron chi connectivity index (χ0n) is 8.77. The molecular formula is C11H23N. The van der Waals surface area contributed by atoms with Gasteiger partial charge in [0.1, 0.15) is 0 Å². The molecule has 0 spiro atoms. The normalized spacial score (nSPS) is 12.7. The summed E-state index contributed by atoms with van der Waals surface area (Å²) in [5, 5.41) is 0. The fourth-order valence-corrected chi connectivity index (χ4v) is 1.27. The van der Waals surface area contributed by atoms with E-state index in [1.54, 1.807) is 0 Å². The van der Waals surface area contributed by atoms with Crippen LogP contribution in [0, 0.1) is 5.92 Å². The third-order valence-corrected chi connectivity index (χ3v) is 2.11. The predicted octanol–water partition coefficient (Wildman–Crippen LogP) is 3.11. The van der Waals surface area contributed by atoms with E-state index in [4.69, 9.17) is 5.73 Å². The lowest BCUT2D eigenvalue weighted by Gasteiger charge is -2.08. The molecule has 0 rings (SSSR count). The Balaban J connectivity index is 3.31. The largest absolute Gasteiger partial charge is 0.330 e. The molecule has 0 heterocycles. The van der Waals surface area contributed by atoms with Crippen molar-refractivity contribution in [3.05, 3.63) is 11.6 Å². The fraction of sp³-hybridized carbons (Fsp3) is 0.818. The lowest BCUT2D eigenvalue weighted by atomic mass is 9.99. The van der Waals surface area contributed by atoms with Gasteiger partial charge in [-0.1, -0.05) is 18.6 Å². The molecule has 0 aromatic heterocycles. The van der Waals surface area contributed by atoms with Crippen molar-refractivity contribution < 1.29 is 0 Å². The van der Waals surface area contributed by atoms with Gasteiger partial charge in [0.15, 0.2) is 0 Å².